The lowest BCUT2D eigenvalue weighted by atomic mass is 10.3. The summed E-state index contributed by atoms with van der Waals surface area (Å²) in [5.41, 5.74) is 5.88. The van der Waals surface area contributed by atoms with E-state index in [1.807, 2.05) is 0 Å². The van der Waals surface area contributed by atoms with Gasteiger partial charge in [-0.1, -0.05) is 23.2 Å². The van der Waals surface area contributed by atoms with Gasteiger partial charge in [-0.2, -0.15) is 4.31 Å². The van der Waals surface area contributed by atoms with Gasteiger partial charge in [0.15, 0.2) is 0 Å². The molecule has 0 aliphatic heterocycles. The van der Waals surface area contributed by atoms with Crippen molar-refractivity contribution in [3.05, 3.63) is 22.2 Å². The molecular weight excluding hydrogens is 283 g/mol. The first-order valence-electron chi connectivity index (χ1n) is 5.06. The van der Waals surface area contributed by atoms with Crippen LogP contribution in [0.3, 0.4) is 0 Å². The third-order valence-electron chi connectivity index (χ3n) is 2.72. The summed E-state index contributed by atoms with van der Waals surface area (Å²) in [5, 5.41) is 0.116. The first-order chi connectivity index (χ1) is 7.84. The molecule has 0 atom stereocenters. The third kappa shape index (κ3) is 2.38. The Hall–Kier alpha value is -0.490. The average molecular weight is 295 g/mol. The minimum atomic E-state index is -3.64. The number of nitrogens with zero attached hydrogens (tertiary/aromatic N) is 1. The van der Waals surface area contributed by atoms with Crippen molar-refractivity contribution in [1.82, 2.24) is 4.31 Å². The lowest BCUT2D eigenvalue weighted by Crippen LogP contribution is -2.29. The van der Waals surface area contributed by atoms with Gasteiger partial charge in [-0.05, 0) is 25.0 Å². The number of sulfonamides is 1. The van der Waals surface area contributed by atoms with Crippen molar-refractivity contribution < 1.29 is 8.42 Å². The highest BCUT2D eigenvalue weighted by Crippen LogP contribution is 2.37. The van der Waals surface area contributed by atoms with E-state index in [2.05, 4.69) is 0 Å². The molecule has 4 nitrogen and oxygen atoms in total. The maximum Gasteiger partial charge on any atom is 0.246 e. The molecule has 2 N–H and O–H groups in total. The van der Waals surface area contributed by atoms with E-state index in [0.717, 1.165) is 12.8 Å². The van der Waals surface area contributed by atoms with Crippen LogP contribution >= 0.6 is 23.2 Å². The van der Waals surface area contributed by atoms with Gasteiger partial charge in [-0.15, -0.1) is 0 Å². The molecule has 0 heterocycles. The molecule has 7 heteroatoms. The number of hydrogen-bond acceptors (Lipinski definition) is 3. The summed E-state index contributed by atoms with van der Waals surface area (Å²) in [6.45, 7) is 0. The maximum absolute atomic E-state index is 12.3. The minimum absolute atomic E-state index is 0.0579. The fourth-order valence-electron chi connectivity index (χ4n) is 1.60. The highest BCUT2D eigenvalue weighted by atomic mass is 35.5. The lowest BCUT2D eigenvalue weighted by molar-refractivity contribution is 0.464. The van der Waals surface area contributed by atoms with E-state index < -0.39 is 10.0 Å². The number of anilines is 1. The van der Waals surface area contributed by atoms with Crippen LogP contribution in [0.15, 0.2) is 17.0 Å². The van der Waals surface area contributed by atoms with Crippen LogP contribution in [0.5, 0.6) is 0 Å². The summed E-state index contributed by atoms with van der Waals surface area (Å²) in [6.07, 6.45) is 1.75. The minimum Gasteiger partial charge on any atom is -0.399 e. The van der Waals surface area contributed by atoms with E-state index in [4.69, 9.17) is 28.9 Å². The smallest absolute Gasteiger partial charge is 0.246 e. The normalized spacial score (nSPS) is 16.5. The van der Waals surface area contributed by atoms with Crippen LogP contribution in [0.1, 0.15) is 12.8 Å². The number of benzene rings is 1. The third-order valence-corrected chi connectivity index (χ3v) is 5.55. The Kier molecular flexibility index (Phi) is 3.29. The van der Waals surface area contributed by atoms with Gasteiger partial charge in [0.1, 0.15) is 4.90 Å². The quantitative estimate of drug-likeness (QED) is 0.871. The van der Waals surface area contributed by atoms with Gasteiger partial charge in [0.25, 0.3) is 0 Å². The van der Waals surface area contributed by atoms with Crippen molar-refractivity contribution >= 4 is 38.9 Å². The average Bonchev–Trinajstić information content (AvgIpc) is 2.96. The van der Waals surface area contributed by atoms with E-state index in [1.165, 1.54) is 23.5 Å². The second kappa shape index (κ2) is 4.31. The molecule has 0 unspecified atom stereocenters. The molecule has 0 aromatic heterocycles. The van der Waals surface area contributed by atoms with Crippen LogP contribution in [0.2, 0.25) is 10.0 Å². The van der Waals surface area contributed by atoms with Crippen molar-refractivity contribution in [3.63, 3.8) is 0 Å². The highest BCUT2D eigenvalue weighted by molar-refractivity contribution is 7.89. The zero-order valence-corrected chi connectivity index (χ0v) is 11.5. The van der Waals surface area contributed by atoms with Crippen LogP contribution < -0.4 is 5.73 Å². The molecule has 1 aliphatic rings. The fourth-order valence-corrected chi connectivity index (χ4v) is 4.20. The van der Waals surface area contributed by atoms with Crippen molar-refractivity contribution in [2.45, 2.75) is 23.8 Å². The summed E-state index contributed by atoms with van der Waals surface area (Å²) >= 11 is 11.8. The number of nitrogens with two attached hydrogens (primary N) is 1. The Balaban J connectivity index is 2.53. The Morgan fingerprint density at radius 1 is 1.29 bits per heavy atom. The van der Waals surface area contributed by atoms with E-state index in [-0.39, 0.29) is 21.0 Å². The van der Waals surface area contributed by atoms with E-state index in [9.17, 15) is 8.42 Å². The van der Waals surface area contributed by atoms with Gasteiger partial charge in [0.05, 0.1) is 10.0 Å². The molecular formula is C10H12Cl2N2O2S. The topological polar surface area (TPSA) is 63.4 Å². The van der Waals surface area contributed by atoms with Gasteiger partial charge in [0, 0.05) is 18.8 Å². The van der Waals surface area contributed by atoms with E-state index >= 15 is 0 Å². The molecule has 2 rings (SSSR count). The first-order valence-corrected chi connectivity index (χ1v) is 7.26. The van der Waals surface area contributed by atoms with Gasteiger partial charge in [-0.3, -0.25) is 0 Å². The number of nitrogen functional groups attached to an aromatic ring is 1. The van der Waals surface area contributed by atoms with Crippen LogP contribution in [0, 0.1) is 0 Å². The lowest BCUT2D eigenvalue weighted by Gasteiger charge is -2.18. The summed E-state index contributed by atoms with van der Waals surface area (Å²) in [7, 11) is -2.10. The van der Waals surface area contributed by atoms with Crippen LogP contribution in [-0.2, 0) is 10.0 Å². The van der Waals surface area contributed by atoms with Crippen LogP contribution in [0.4, 0.5) is 5.69 Å². The molecule has 17 heavy (non-hydrogen) atoms. The van der Waals surface area contributed by atoms with Crippen molar-refractivity contribution in [1.29, 1.82) is 0 Å². The SMILES string of the molecule is CN(C1CC1)S(=O)(=O)c1c(Cl)cc(N)cc1Cl. The molecule has 0 amide bonds. The predicted octanol–water partition coefficient (Wildman–Crippen LogP) is 2.36. The molecule has 94 valence electrons. The van der Waals surface area contributed by atoms with Gasteiger partial charge in [0.2, 0.25) is 10.0 Å². The first kappa shape index (κ1) is 13.0. The van der Waals surface area contributed by atoms with Gasteiger partial charge < -0.3 is 5.73 Å². The maximum atomic E-state index is 12.3. The van der Waals surface area contributed by atoms with Crippen molar-refractivity contribution in [2.75, 3.05) is 12.8 Å². The summed E-state index contributed by atoms with van der Waals surface area (Å²) < 4.78 is 25.9. The highest BCUT2D eigenvalue weighted by Gasteiger charge is 2.37. The standard InChI is InChI=1S/C10H12Cl2N2O2S/c1-14(7-2-3-7)17(15,16)10-8(11)4-6(13)5-9(10)12/h4-5,7H,2-3,13H2,1H3. The largest absolute Gasteiger partial charge is 0.399 e. The molecule has 1 aromatic rings. The fraction of sp³-hybridized carbons (Fsp3) is 0.400. The number of rotatable bonds is 3. The van der Waals surface area contributed by atoms with Crippen molar-refractivity contribution in [3.8, 4) is 0 Å². The Labute approximate surface area is 110 Å². The molecule has 1 fully saturated rings. The molecule has 0 saturated heterocycles. The zero-order chi connectivity index (χ0) is 12.8. The Bertz CT molecular complexity index is 532. The molecule has 1 aromatic carbocycles. The predicted molar refractivity (Wildman–Crippen MR) is 68.8 cm³/mol. The summed E-state index contributed by atoms with van der Waals surface area (Å²) in [4.78, 5) is -0.0653. The number of halogens is 2. The second-order valence-electron chi connectivity index (χ2n) is 4.07. The molecule has 1 saturated carbocycles. The van der Waals surface area contributed by atoms with Gasteiger partial charge in [-0.25, -0.2) is 8.42 Å². The van der Waals surface area contributed by atoms with Gasteiger partial charge >= 0.3 is 0 Å². The zero-order valence-electron chi connectivity index (χ0n) is 9.15. The molecule has 0 spiro atoms. The molecule has 0 radical (unpaired) electrons. The monoisotopic (exact) mass is 294 g/mol. The molecule has 1 aliphatic carbocycles. The van der Waals surface area contributed by atoms with E-state index in [0.29, 0.717) is 5.69 Å². The molecule has 0 bridgehead atoms. The second-order valence-corrected chi connectivity index (χ2v) is 6.81. The van der Waals surface area contributed by atoms with E-state index in [1.54, 1.807) is 0 Å². The Morgan fingerprint density at radius 2 is 1.76 bits per heavy atom. The van der Waals surface area contributed by atoms with Crippen LogP contribution in [0.25, 0.3) is 0 Å². The Morgan fingerprint density at radius 3 is 2.18 bits per heavy atom. The van der Waals surface area contributed by atoms with Crippen LogP contribution in [-0.4, -0.2) is 25.8 Å². The number of hydrogen-bond donors (Lipinski definition) is 1. The summed E-state index contributed by atoms with van der Waals surface area (Å²) in [5.74, 6) is 0. The summed E-state index contributed by atoms with van der Waals surface area (Å²) in [6, 6.07) is 2.84. The van der Waals surface area contributed by atoms with Crippen molar-refractivity contribution in [2.24, 2.45) is 0 Å².